The molecule has 0 unspecified atom stereocenters. The molecule has 0 radical (unpaired) electrons. The van der Waals surface area contributed by atoms with Crippen molar-refractivity contribution in [3.8, 4) is 10.6 Å². The maximum absolute atomic E-state index is 12.9. The van der Waals surface area contributed by atoms with E-state index in [0.29, 0.717) is 31.9 Å². The predicted molar refractivity (Wildman–Crippen MR) is 132 cm³/mol. The van der Waals surface area contributed by atoms with Gasteiger partial charge in [-0.2, -0.15) is 0 Å². The lowest BCUT2D eigenvalue weighted by Crippen LogP contribution is -2.48. The number of aryl methyl sites for hydroxylation is 1. The van der Waals surface area contributed by atoms with Crippen LogP contribution in [-0.2, 0) is 17.8 Å². The van der Waals surface area contributed by atoms with Gasteiger partial charge < -0.3 is 10.6 Å². The Kier molecular flexibility index (Phi) is 6.02. The van der Waals surface area contributed by atoms with Gasteiger partial charge in [-0.25, -0.2) is 15.0 Å². The third-order valence-electron chi connectivity index (χ3n) is 5.92. The van der Waals surface area contributed by atoms with E-state index in [4.69, 9.17) is 10.7 Å². The Hall–Kier alpha value is -3.36. The molecule has 3 heterocycles. The smallest absolute Gasteiger partial charge is 0.228 e. The van der Waals surface area contributed by atoms with Crippen molar-refractivity contribution in [2.75, 3.05) is 31.9 Å². The molecule has 2 N–H and O–H groups in total. The molecule has 1 aliphatic heterocycles. The number of hydrogen-bond donors (Lipinski definition) is 1. The Labute approximate surface area is 196 Å². The van der Waals surface area contributed by atoms with Crippen LogP contribution in [0.5, 0.6) is 0 Å². The highest BCUT2D eigenvalue weighted by molar-refractivity contribution is 7.13. The zero-order valence-electron chi connectivity index (χ0n) is 18.6. The molecule has 0 bridgehead atoms. The van der Waals surface area contributed by atoms with E-state index in [0.717, 1.165) is 46.1 Å². The highest BCUT2D eigenvalue weighted by Crippen LogP contribution is 2.25. The minimum atomic E-state index is 0.127. The number of para-hydroxylation sites is 1. The van der Waals surface area contributed by atoms with Gasteiger partial charge in [0.1, 0.15) is 16.6 Å². The summed E-state index contributed by atoms with van der Waals surface area (Å²) in [5.41, 5.74) is 10.1. The summed E-state index contributed by atoms with van der Waals surface area (Å²) in [5, 5.41) is 3.83. The summed E-state index contributed by atoms with van der Waals surface area (Å²) in [7, 11) is 0. The van der Waals surface area contributed by atoms with Gasteiger partial charge in [-0.15, -0.1) is 11.3 Å². The molecule has 0 spiro atoms. The maximum Gasteiger partial charge on any atom is 0.228 e. The quantitative estimate of drug-likeness (QED) is 0.492. The molecule has 1 fully saturated rings. The van der Waals surface area contributed by atoms with Crippen LogP contribution >= 0.6 is 11.3 Å². The minimum Gasteiger partial charge on any atom is -0.383 e. The summed E-state index contributed by atoms with van der Waals surface area (Å²) in [6.07, 6.45) is 0.340. The van der Waals surface area contributed by atoms with E-state index >= 15 is 0 Å². The Bertz CT molecular complexity index is 1300. The Balaban J connectivity index is 1.16. The zero-order chi connectivity index (χ0) is 22.8. The molecule has 1 saturated heterocycles. The van der Waals surface area contributed by atoms with E-state index in [2.05, 4.69) is 40.0 Å². The number of thiazole rings is 1. The number of rotatable bonds is 5. The number of hydrogen-bond acceptors (Lipinski definition) is 7. The molecule has 2 aromatic carbocycles. The lowest BCUT2D eigenvalue weighted by molar-refractivity contribution is -0.132. The van der Waals surface area contributed by atoms with E-state index < -0.39 is 0 Å². The lowest BCUT2D eigenvalue weighted by Gasteiger charge is -2.34. The fourth-order valence-corrected chi connectivity index (χ4v) is 4.96. The molecule has 1 aliphatic rings. The number of fused-ring (bicyclic) bond motifs is 1. The van der Waals surface area contributed by atoms with E-state index in [1.165, 1.54) is 5.56 Å². The van der Waals surface area contributed by atoms with Gasteiger partial charge in [0, 0.05) is 42.5 Å². The first-order valence-corrected chi connectivity index (χ1v) is 12.0. The van der Waals surface area contributed by atoms with Gasteiger partial charge >= 0.3 is 0 Å². The number of amides is 1. The molecule has 7 nitrogen and oxygen atoms in total. The number of nitrogens with two attached hydrogens (primary N) is 1. The Morgan fingerprint density at radius 3 is 2.67 bits per heavy atom. The first-order chi connectivity index (χ1) is 16.0. The van der Waals surface area contributed by atoms with Crippen molar-refractivity contribution in [2.45, 2.75) is 19.9 Å². The Morgan fingerprint density at radius 1 is 1.03 bits per heavy atom. The molecular formula is C25H26N6OS. The second kappa shape index (κ2) is 9.25. The van der Waals surface area contributed by atoms with Gasteiger partial charge in [-0.05, 0) is 25.1 Å². The summed E-state index contributed by atoms with van der Waals surface area (Å²) >= 11 is 1.59. The highest BCUT2D eigenvalue weighted by Gasteiger charge is 2.23. The van der Waals surface area contributed by atoms with Gasteiger partial charge in [0.15, 0.2) is 0 Å². The molecular weight excluding hydrogens is 432 g/mol. The third kappa shape index (κ3) is 4.86. The average molecular weight is 459 g/mol. The summed E-state index contributed by atoms with van der Waals surface area (Å²) in [5.74, 6) is 1.36. The molecule has 2 aromatic heterocycles. The number of nitrogen functional groups attached to an aromatic ring is 1. The minimum absolute atomic E-state index is 0.127. The summed E-state index contributed by atoms with van der Waals surface area (Å²) < 4.78 is 0. The second-order valence-corrected chi connectivity index (χ2v) is 9.25. The number of carbonyl (C=O) groups excluding carboxylic acids is 1. The molecule has 0 aliphatic carbocycles. The molecule has 1 amide bonds. The van der Waals surface area contributed by atoms with Crippen molar-refractivity contribution in [3.05, 3.63) is 71.0 Å². The van der Waals surface area contributed by atoms with Crippen LogP contribution in [0.25, 0.3) is 21.5 Å². The molecule has 33 heavy (non-hydrogen) atoms. The average Bonchev–Trinajstić information content (AvgIpc) is 3.28. The number of anilines is 1. The van der Waals surface area contributed by atoms with Crippen LogP contribution < -0.4 is 5.73 Å². The zero-order valence-corrected chi connectivity index (χ0v) is 19.4. The standard InChI is InChI=1S/C25H26N6OS/c1-17-5-4-6-18(13-17)25-27-19(16-33-25)14-23(32)31-11-9-30(10-12-31)15-22-28-21-8-3-2-7-20(21)24(26)29-22/h2-8,13,16H,9-12,14-15H2,1H3,(H2,26,28,29). The van der Waals surface area contributed by atoms with Crippen molar-refractivity contribution in [3.63, 3.8) is 0 Å². The molecule has 5 rings (SSSR count). The summed E-state index contributed by atoms with van der Waals surface area (Å²) in [6.45, 7) is 5.65. The van der Waals surface area contributed by atoms with Crippen LogP contribution in [0.1, 0.15) is 17.1 Å². The van der Waals surface area contributed by atoms with Crippen LogP contribution in [0, 0.1) is 6.92 Å². The highest BCUT2D eigenvalue weighted by atomic mass is 32.1. The maximum atomic E-state index is 12.9. The Morgan fingerprint density at radius 2 is 1.85 bits per heavy atom. The van der Waals surface area contributed by atoms with Crippen LogP contribution in [0.4, 0.5) is 5.82 Å². The van der Waals surface area contributed by atoms with Gasteiger partial charge in [0.2, 0.25) is 5.91 Å². The monoisotopic (exact) mass is 458 g/mol. The number of piperazine rings is 1. The van der Waals surface area contributed by atoms with Gasteiger partial charge in [-0.1, -0.05) is 35.9 Å². The van der Waals surface area contributed by atoms with Crippen molar-refractivity contribution < 1.29 is 4.79 Å². The van der Waals surface area contributed by atoms with E-state index in [-0.39, 0.29) is 5.91 Å². The van der Waals surface area contributed by atoms with E-state index in [1.807, 2.05) is 40.6 Å². The topological polar surface area (TPSA) is 88.2 Å². The van der Waals surface area contributed by atoms with Crippen LogP contribution in [0.15, 0.2) is 53.9 Å². The predicted octanol–water partition coefficient (Wildman–Crippen LogP) is 3.53. The number of benzene rings is 2. The first kappa shape index (κ1) is 21.5. The van der Waals surface area contributed by atoms with Crippen molar-refractivity contribution >= 4 is 34.0 Å². The number of nitrogens with zero attached hydrogens (tertiary/aromatic N) is 5. The van der Waals surface area contributed by atoms with Crippen LogP contribution in [0.2, 0.25) is 0 Å². The van der Waals surface area contributed by atoms with Gasteiger partial charge in [0.05, 0.1) is 24.2 Å². The van der Waals surface area contributed by atoms with Crippen LogP contribution in [-0.4, -0.2) is 56.8 Å². The SMILES string of the molecule is Cc1cccc(-c2nc(CC(=O)N3CCN(Cc4nc(N)c5ccccc5n4)CC3)cs2)c1. The molecule has 168 valence electrons. The molecule has 8 heteroatoms. The third-order valence-corrected chi connectivity index (χ3v) is 6.86. The van der Waals surface area contributed by atoms with Crippen LogP contribution in [0.3, 0.4) is 0 Å². The summed E-state index contributed by atoms with van der Waals surface area (Å²) in [6, 6.07) is 16.1. The largest absolute Gasteiger partial charge is 0.383 e. The first-order valence-electron chi connectivity index (χ1n) is 11.1. The van der Waals surface area contributed by atoms with Crippen molar-refractivity contribution in [2.24, 2.45) is 0 Å². The second-order valence-electron chi connectivity index (χ2n) is 8.39. The lowest BCUT2D eigenvalue weighted by atomic mass is 10.1. The van der Waals surface area contributed by atoms with E-state index in [1.54, 1.807) is 11.3 Å². The van der Waals surface area contributed by atoms with Crippen molar-refractivity contribution in [1.29, 1.82) is 0 Å². The summed E-state index contributed by atoms with van der Waals surface area (Å²) in [4.78, 5) is 30.9. The molecule has 4 aromatic rings. The normalized spacial score (nSPS) is 14.6. The van der Waals surface area contributed by atoms with E-state index in [9.17, 15) is 4.79 Å². The number of carbonyl (C=O) groups is 1. The fourth-order valence-electron chi connectivity index (χ4n) is 4.14. The number of aromatic nitrogens is 3. The molecule has 0 saturated carbocycles. The van der Waals surface area contributed by atoms with Gasteiger partial charge in [0.25, 0.3) is 0 Å². The van der Waals surface area contributed by atoms with Gasteiger partial charge in [-0.3, -0.25) is 9.69 Å². The molecule has 0 atom stereocenters. The fraction of sp³-hybridized carbons (Fsp3) is 0.280. The van der Waals surface area contributed by atoms with Crippen molar-refractivity contribution in [1.82, 2.24) is 24.8 Å².